The molecule has 0 amide bonds. The Morgan fingerprint density at radius 3 is 2.92 bits per heavy atom. The van der Waals surface area contributed by atoms with E-state index in [0.717, 1.165) is 0 Å². The summed E-state index contributed by atoms with van der Waals surface area (Å²) in [6.07, 6.45) is 2.36. The van der Waals surface area contributed by atoms with Gasteiger partial charge in [-0.2, -0.15) is 0 Å². The minimum absolute atomic E-state index is 0.199. The van der Waals surface area contributed by atoms with Crippen LogP contribution in [0.3, 0.4) is 0 Å². The number of quaternary nitrogens is 1. The second-order valence-electron chi connectivity index (χ2n) is 2.59. The van der Waals surface area contributed by atoms with Crippen LogP contribution in [0.15, 0.2) is 24.3 Å². The number of hydroxylamine groups is 2. The Hall–Kier alpha value is -0.745. The Bertz CT molecular complexity index is 237. The van der Waals surface area contributed by atoms with Crippen LogP contribution in [0.5, 0.6) is 0 Å². The Morgan fingerprint density at radius 2 is 2.42 bits per heavy atom. The minimum atomic E-state index is -0.981. The fourth-order valence-corrected chi connectivity index (χ4v) is 1.04. The first-order valence-corrected chi connectivity index (χ1v) is 3.59. The summed E-state index contributed by atoms with van der Waals surface area (Å²) in [6, 6.07) is 0. The summed E-state index contributed by atoms with van der Waals surface area (Å²) in [5.41, 5.74) is 0.199. The zero-order valence-electron chi connectivity index (χ0n) is 6.47. The summed E-state index contributed by atoms with van der Waals surface area (Å²) in [5, 5.41) is 27.4. The van der Waals surface area contributed by atoms with Crippen molar-refractivity contribution in [3.05, 3.63) is 29.5 Å². The van der Waals surface area contributed by atoms with E-state index in [4.69, 9.17) is 5.21 Å². The average Bonchev–Trinajstić information content (AvgIpc) is 2.05. The van der Waals surface area contributed by atoms with E-state index in [9.17, 15) is 10.3 Å². The van der Waals surface area contributed by atoms with E-state index in [0.29, 0.717) is 0 Å². The van der Waals surface area contributed by atoms with Gasteiger partial charge in [0.1, 0.15) is 0 Å². The van der Waals surface area contributed by atoms with Gasteiger partial charge >= 0.3 is 70.0 Å². The standard InChI is InChI=1S/C7H10BNO3/c1-2-5-3-7(9(11)12)8-4-6(5)10/h2-6,9-11H,1H2. The maximum atomic E-state index is 10.5. The van der Waals surface area contributed by atoms with Gasteiger partial charge in [0.2, 0.25) is 0 Å². The van der Waals surface area contributed by atoms with Crippen molar-refractivity contribution in [2.24, 2.45) is 5.92 Å². The number of nitrogens with one attached hydrogen (secondary N) is 1. The zero-order chi connectivity index (χ0) is 9.14. The van der Waals surface area contributed by atoms with Crippen LogP contribution < -0.4 is 5.23 Å². The fraction of sp³-hybridized carbons (Fsp3) is 0.286. The van der Waals surface area contributed by atoms with E-state index in [2.05, 4.69) is 6.58 Å². The van der Waals surface area contributed by atoms with Crippen molar-refractivity contribution in [2.75, 3.05) is 0 Å². The van der Waals surface area contributed by atoms with Gasteiger partial charge in [-0.1, -0.05) is 0 Å². The van der Waals surface area contributed by atoms with Crippen LogP contribution >= 0.6 is 0 Å². The molecule has 3 unspecified atom stereocenters. The molecule has 4 nitrogen and oxygen atoms in total. The van der Waals surface area contributed by atoms with Crippen molar-refractivity contribution in [3.63, 3.8) is 0 Å². The van der Waals surface area contributed by atoms with Crippen molar-refractivity contribution in [2.45, 2.75) is 6.10 Å². The number of hydrogen-bond acceptors (Lipinski definition) is 3. The summed E-state index contributed by atoms with van der Waals surface area (Å²) in [6.45, 7) is 4.89. The molecule has 3 N–H and O–H groups in total. The first kappa shape index (κ1) is 9.34. The van der Waals surface area contributed by atoms with E-state index >= 15 is 0 Å². The van der Waals surface area contributed by atoms with Gasteiger partial charge < -0.3 is 0 Å². The van der Waals surface area contributed by atoms with Crippen LogP contribution in [-0.4, -0.2) is 29.3 Å². The monoisotopic (exact) mass is 167 g/mol. The van der Waals surface area contributed by atoms with Gasteiger partial charge in [0.05, 0.1) is 0 Å². The molecule has 5 heteroatoms. The van der Waals surface area contributed by atoms with Gasteiger partial charge in [0.25, 0.3) is 0 Å². The number of hydrogen-bond donors (Lipinski definition) is 3. The third-order valence-corrected chi connectivity index (χ3v) is 1.76. The van der Waals surface area contributed by atoms with E-state index < -0.39 is 11.3 Å². The molecule has 12 heavy (non-hydrogen) atoms. The predicted octanol–water partition coefficient (Wildman–Crippen LogP) is -1.72. The van der Waals surface area contributed by atoms with E-state index in [1.165, 1.54) is 25.0 Å². The molecule has 0 saturated heterocycles. The van der Waals surface area contributed by atoms with Gasteiger partial charge in [-0.15, -0.1) is 0 Å². The first-order chi connectivity index (χ1) is 5.65. The van der Waals surface area contributed by atoms with Crippen LogP contribution in [0.4, 0.5) is 0 Å². The molecule has 0 aromatic rings. The van der Waals surface area contributed by atoms with Crippen LogP contribution in [0.1, 0.15) is 0 Å². The van der Waals surface area contributed by atoms with Crippen molar-refractivity contribution < 1.29 is 15.5 Å². The topological polar surface area (TPSA) is 68.0 Å². The molecule has 0 spiro atoms. The molecular weight excluding hydrogens is 157 g/mol. The Kier molecular flexibility index (Phi) is 2.94. The second-order valence-corrected chi connectivity index (χ2v) is 2.59. The summed E-state index contributed by atoms with van der Waals surface area (Å²) < 4.78 is 0. The van der Waals surface area contributed by atoms with Crippen LogP contribution in [-0.2, 0) is 0 Å². The quantitative estimate of drug-likeness (QED) is 0.260. The number of rotatable bonds is 2. The van der Waals surface area contributed by atoms with Gasteiger partial charge in [-0.05, 0) is 0 Å². The molecule has 1 aliphatic rings. The van der Waals surface area contributed by atoms with E-state index in [1.807, 2.05) is 0 Å². The zero-order valence-corrected chi connectivity index (χ0v) is 6.47. The normalized spacial score (nSPS) is 30.4. The molecule has 1 heterocycles. The molecule has 1 aliphatic heterocycles. The predicted molar refractivity (Wildman–Crippen MR) is 45.7 cm³/mol. The molecule has 0 fully saturated rings. The molecule has 0 aromatic carbocycles. The van der Waals surface area contributed by atoms with Crippen LogP contribution in [0.25, 0.3) is 0 Å². The van der Waals surface area contributed by atoms with Gasteiger partial charge in [-0.3, -0.25) is 0 Å². The van der Waals surface area contributed by atoms with Crippen molar-refractivity contribution in [1.29, 1.82) is 0 Å². The van der Waals surface area contributed by atoms with Gasteiger partial charge in [0.15, 0.2) is 0 Å². The second kappa shape index (κ2) is 3.77. The number of aliphatic hydroxyl groups is 1. The van der Waals surface area contributed by atoms with Gasteiger partial charge in [-0.25, -0.2) is 0 Å². The van der Waals surface area contributed by atoms with Gasteiger partial charge in [0, 0.05) is 0 Å². The average molecular weight is 167 g/mol. The SMILES string of the molecule is C=CC1C=C([NH+]([O-])O)B=CC1O. The molecule has 64 valence electrons. The van der Waals surface area contributed by atoms with Crippen molar-refractivity contribution >= 4 is 12.9 Å². The fourth-order valence-electron chi connectivity index (χ4n) is 1.04. The van der Waals surface area contributed by atoms with E-state index in [1.54, 1.807) is 0 Å². The maximum absolute atomic E-state index is 10.5. The Labute approximate surface area is 70.9 Å². The molecule has 0 radical (unpaired) electrons. The molecule has 0 aliphatic carbocycles. The summed E-state index contributed by atoms with van der Waals surface area (Å²) >= 11 is 0. The first-order valence-electron chi connectivity index (χ1n) is 3.59. The van der Waals surface area contributed by atoms with E-state index in [-0.39, 0.29) is 11.5 Å². The van der Waals surface area contributed by atoms with Crippen molar-refractivity contribution in [3.8, 4) is 0 Å². The van der Waals surface area contributed by atoms with Crippen LogP contribution in [0.2, 0.25) is 0 Å². The molecule has 0 bridgehead atoms. The molecule has 3 atom stereocenters. The van der Waals surface area contributed by atoms with Crippen LogP contribution in [0, 0.1) is 11.1 Å². The third kappa shape index (κ3) is 1.89. The van der Waals surface area contributed by atoms with Crippen molar-refractivity contribution in [1.82, 2.24) is 0 Å². The molecule has 0 saturated carbocycles. The third-order valence-electron chi connectivity index (χ3n) is 1.76. The summed E-state index contributed by atoms with van der Waals surface area (Å²) in [5.74, 6) is 1.16. The molecule has 1 rings (SSSR count). The summed E-state index contributed by atoms with van der Waals surface area (Å²) in [7, 11) is 0. The molecule has 0 aromatic heterocycles. The Morgan fingerprint density at radius 1 is 1.75 bits per heavy atom. The summed E-state index contributed by atoms with van der Waals surface area (Å²) in [4.78, 5) is 0. The number of aliphatic hydroxyl groups excluding tert-OH is 1. The molecular formula is C7H10BNO3. The Balaban J connectivity index is 2.80.